The molecule has 0 bridgehead atoms. The van der Waals surface area contributed by atoms with E-state index in [0.717, 1.165) is 37.7 Å². The number of anilines is 1. The van der Waals surface area contributed by atoms with Crippen LogP contribution in [0.2, 0.25) is 0 Å². The fourth-order valence-corrected chi connectivity index (χ4v) is 5.22. The Labute approximate surface area is 225 Å². The normalized spacial score (nSPS) is 16.3. The zero-order valence-corrected chi connectivity index (χ0v) is 23.6. The van der Waals surface area contributed by atoms with Crippen LogP contribution >= 0.6 is 27.3 Å². The fraction of sp³-hybridized carbons (Fsp3) is 0.444. The van der Waals surface area contributed by atoms with Crippen LogP contribution < -0.4 is 4.90 Å². The summed E-state index contributed by atoms with van der Waals surface area (Å²) in [6.45, 7) is 10.6. The quantitative estimate of drug-likeness (QED) is 0.327. The van der Waals surface area contributed by atoms with Crippen molar-refractivity contribution >= 4 is 38.5 Å². The molecule has 0 spiro atoms. The minimum atomic E-state index is -0.532. The minimum absolute atomic E-state index is 0.0396. The molecule has 192 valence electrons. The number of carbonyl (C=O) groups is 1. The van der Waals surface area contributed by atoms with Gasteiger partial charge < -0.3 is 19.3 Å². The molecule has 1 unspecified atom stereocenters. The van der Waals surface area contributed by atoms with Crippen molar-refractivity contribution in [2.45, 2.75) is 59.0 Å². The standard InChI is InChI=1S/C27H33BrN4O3S/c1-5-22-14-20(10-11-29-22)24-16-31(26(33)35-27(2,3)4)12-13-32(24)25-30-15-23(36-25)18-34-17-19-6-8-21(28)9-7-19/h6-11,14-15,24H,5,12-13,16-18H2,1-4H3. The number of thiazole rings is 1. The first kappa shape index (κ1) is 26.6. The Bertz CT molecular complexity index is 1160. The van der Waals surface area contributed by atoms with Crippen molar-refractivity contribution in [2.24, 2.45) is 0 Å². The summed E-state index contributed by atoms with van der Waals surface area (Å²) in [5.74, 6) is 0. The van der Waals surface area contributed by atoms with Crippen molar-refractivity contribution in [3.8, 4) is 0 Å². The van der Waals surface area contributed by atoms with E-state index in [1.165, 1.54) is 0 Å². The molecular weight excluding hydrogens is 540 g/mol. The zero-order valence-electron chi connectivity index (χ0n) is 21.2. The summed E-state index contributed by atoms with van der Waals surface area (Å²) in [4.78, 5) is 27.2. The first-order valence-corrected chi connectivity index (χ1v) is 13.8. The lowest BCUT2D eigenvalue weighted by Gasteiger charge is -2.41. The summed E-state index contributed by atoms with van der Waals surface area (Å²) in [5, 5.41) is 0.931. The van der Waals surface area contributed by atoms with E-state index in [4.69, 9.17) is 14.5 Å². The Morgan fingerprint density at radius 2 is 1.92 bits per heavy atom. The van der Waals surface area contributed by atoms with Gasteiger partial charge in [-0.05, 0) is 62.6 Å². The van der Waals surface area contributed by atoms with Gasteiger partial charge in [-0.2, -0.15) is 0 Å². The number of benzene rings is 1. The number of nitrogens with zero attached hydrogens (tertiary/aromatic N) is 4. The molecule has 36 heavy (non-hydrogen) atoms. The Morgan fingerprint density at radius 1 is 1.14 bits per heavy atom. The molecule has 1 saturated heterocycles. The molecule has 0 radical (unpaired) electrons. The maximum absolute atomic E-state index is 12.9. The fourth-order valence-electron chi connectivity index (χ4n) is 4.03. The van der Waals surface area contributed by atoms with Gasteiger partial charge in [0, 0.05) is 42.2 Å². The number of hydrogen-bond donors (Lipinski definition) is 0. The van der Waals surface area contributed by atoms with Crippen molar-refractivity contribution in [1.29, 1.82) is 0 Å². The monoisotopic (exact) mass is 572 g/mol. The van der Waals surface area contributed by atoms with Crippen LogP contribution in [0.3, 0.4) is 0 Å². The maximum Gasteiger partial charge on any atom is 0.410 e. The van der Waals surface area contributed by atoms with E-state index >= 15 is 0 Å². The van der Waals surface area contributed by atoms with Crippen molar-refractivity contribution in [3.63, 3.8) is 0 Å². The van der Waals surface area contributed by atoms with Gasteiger partial charge in [0.1, 0.15) is 5.60 Å². The molecule has 9 heteroatoms. The van der Waals surface area contributed by atoms with E-state index in [-0.39, 0.29) is 12.1 Å². The van der Waals surface area contributed by atoms with Gasteiger partial charge in [-0.15, -0.1) is 0 Å². The molecule has 2 aromatic heterocycles. The minimum Gasteiger partial charge on any atom is -0.444 e. The number of halogens is 1. The van der Waals surface area contributed by atoms with Crippen LogP contribution in [0, 0.1) is 0 Å². The van der Waals surface area contributed by atoms with E-state index in [1.54, 1.807) is 16.2 Å². The number of pyridine rings is 1. The average Bonchev–Trinajstić information content (AvgIpc) is 3.32. The smallest absolute Gasteiger partial charge is 0.410 e. The van der Waals surface area contributed by atoms with Gasteiger partial charge in [0.2, 0.25) is 0 Å². The van der Waals surface area contributed by atoms with Crippen LogP contribution in [0.25, 0.3) is 0 Å². The Kier molecular flexibility index (Phi) is 8.64. The zero-order chi connectivity index (χ0) is 25.7. The Balaban J connectivity index is 1.48. The third-order valence-electron chi connectivity index (χ3n) is 5.83. The van der Waals surface area contributed by atoms with Gasteiger partial charge >= 0.3 is 6.09 Å². The third-order valence-corrected chi connectivity index (χ3v) is 7.37. The lowest BCUT2D eigenvalue weighted by molar-refractivity contribution is 0.0214. The van der Waals surface area contributed by atoms with Crippen LogP contribution in [0.1, 0.15) is 55.4 Å². The molecule has 4 rings (SSSR count). The molecule has 1 aliphatic rings. The summed E-state index contributed by atoms with van der Waals surface area (Å²) >= 11 is 5.10. The number of hydrogen-bond acceptors (Lipinski definition) is 7. The number of carbonyl (C=O) groups excluding carboxylic acids is 1. The first-order chi connectivity index (χ1) is 17.2. The van der Waals surface area contributed by atoms with Crippen molar-refractivity contribution < 1.29 is 14.3 Å². The van der Waals surface area contributed by atoms with E-state index in [1.807, 2.05) is 51.4 Å². The molecule has 7 nitrogen and oxygen atoms in total. The highest BCUT2D eigenvalue weighted by Gasteiger charge is 2.34. The van der Waals surface area contributed by atoms with Crippen LogP contribution in [0.4, 0.5) is 9.93 Å². The average molecular weight is 574 g/mol. The van der Waals surface area contributed by atoms with E-state index in [9.17, 15) is 4.79 Å². The summed E-state index contributed by atoms with van der Waals surface area (Å²) in [7, 11) is 0. The molecule has 1 aliphatic heterocycles. The second-order valence-corrected chi connectivity index (χ2v) is 11.8. The van der Waals surface area contributed by atoms with Crippen molar-refractivity contribution in [2.75, 3.05) is 24.5 Å². The maximum atomic E-state index is 12.9. The second-order valence-electron chi connectivity index (χ2n) is 9.80. The highest BCUT2D eigenvalue weighted by molar-refractivity contribution is 9.10. The predicted molar refractivity (Wildman–Crippen MR) is 146 cm³/mol. The van der Waals surface area contributed by atoms with Crippen LogP contribution in [0.15, 0.2) is 53.3 Å². The molecular formula is C27H33BrN4O3S. The third kappa shape index (κ3) is 7.05. The molecule has 0 N–H and O–H groups in total. The number of aryl methyl sites for hydroxylation is 1. The summed E-state index contributed by atoms with van der Waals surface area (Å²) in [6, 6.07) is 12.3. The van der Waals surface area contributed by atoms with Gasteiger partial charge in [-0.25, -0.2) is 9.78 Å². The van der Waals surface area contributed by atoms with Gasteiger partial charge in [-0.1, -0.05) is 46.3 Å². The largest absolute Gasteiger partial charge is 0.444 e. The summed E-state index contributed by atoms with van der Waals surface area (Å²) in [5.41, 5.74) is 2.75. The molecule has 0 saturated carbocycles. The van der Waals surface area contributed by atoms with Gasteiger partial charge in [0.25, 0.3) is 0 Å². The predicted octanol–water partition coefficient (Wildman–Crippen LogP) is 6.38. The molecule has 1 fully saturated rings. The van der Waals surface area contributed by atoms with Gasteiger partial charge in [-0.3, -0.25) is 4.98 Å². The molecule has 3 heterocycles. The number of ether oxygens (including phenoxy) is 2. The van der Waals surface area contributed by atoms with Crippen LogP contribution in [-0.2, 0) is 29.1 Å². The van der Waals surface area contributed by atoms with Crippen LogP contribution in [-0.4, -0.2) is 46.2 Å². The summed E-state index contributed by atoms with van der Waals surface area (Å²) < 4.78 is 12.7. The summed E-state index contributed by atoms with van der Waals surface area (Å²) in [6.07, 6.45) is 4.32. The molecule has 3 aromatic rings. The second kappa shape index (κ2) is 11.7. The SMILES string of the molecule is CCc1cc(C2CN(C(=O)OC(C)(C)C)CCN2c2ncc(COCc3ccc(Br)cc3)s2)ccn1. The lowest BCUT2D eigenvalue weighted by Crippen LogP contribution is -2.51. The van der Waals surface area contributed by atoms with E-state index in [2.05, 4.69) is 50.9 Å². The van der Waals surface area contributed by atoms with Crippen LogP contribution in [0.5, 0.6) is 0 Å². The first-order valence-electron chi connectivity index (χ1n) is 12.2. The number of rotatable bonds is 7. The number of aromatic nitrogens is 2. The lowest BCUT2D eigenvalue weighted by atomic mass is 10.0. The molecule has 0 aliphatic carbocycles. The van der Waals surface area contributed by atoms with Gasteiger partial charge in [0.05, 0.1) is 24.1 Å². The topological polar surface area (TPSA) is 67.8 Å². The van der Waals surface area contributed by atoms with E-state index in [0.29, 0.717) is 32.8 Å². The highest BCUT2D eigenvalue weighted by atomic mass is 79.9. The van der Waals surface area contributed by atoms with Gasteiger partial charge in [0.15, 0.2) is 5.13 Å². The van der Waals surface area contributed by atoms with Crippen molar-refractivity contribution in [3.05, 3.63) is 75.0 Å². The van der Waals surface area contributed by atoms with Crippen molar-refractivity contribution in [1.82, 2.24) is 14.9 Å². The highest BCUT2D eigenvalue weighted by Crippen LogP contribution is 2.34. The molecule has 1 amide bonds. The molecule has 1 atom stereocenters. The Morgan fingerprint density at radius 3 is 2.64 bits per heavy atom. The van der Waals surface area contributed by atoms with E-state index < -0.39 is 5.60 Å². The number of piperazine rings is 1. The number of amides is 1. The Hall–Kier alpha value is -2.49. The molecule has 1 aromatic carbocycles.